The number of benzene rings is 1. The lowest BCUT2D eigenvalue weighted by Crippen LogP contribution is -2.47. The van der Waals surface area contributed by atoms with Crippen molar-refractivity contribution in [3.63, 3.8) is 0 Å². The van der Waals surface area contributed by atoms with Crippen molar-refractivity contribution in [2.75, 3.05) is 38.1 Å². The minimum absolute atomic E-state index is 0. The van der Waals surface area contributed by atoms with Crippen LogP contribution in [0.3, 0.4) is 0 Å². The summed E-state index contributed by atoms with van der Waals surface area (Å²) in [5.74, 6) is 0.844. The summed E-state index contributed by atoms with van der Waals surface area (Å²) in [6, 6.07) is 10.8. The number of anilines is 1. The van der Waals surface area contributed by atoms with E-state index in [2.05, 4.69) is 50.1 Å². The fourth-order valence-corrected chi connectivity index (χ4v) is 2.76. The first-order valence-electron chi connectivity index (χ1n) is 8.95. The summed E-state index contributed by atoms with van der Waals surface area (Å²) in [5, 5.41) is 9.66. The topological polar surface area (TPSA) is 68.8 Å². The predicted molar refractivity (Wildman–Crippen MR) is 119 cm³/mol. The molecule has 1 amide bonds. The number of hydrogen-bond donors (Lipinski definition) is 3. The van der Waals surface area contributed by atoms with Crippen LogP contribution in [-0.4, -0.2) is 51.1 Å². The summed E-state index contributed by atoms with van der Waals surface area (Å²) < 4.78 is 0. The van der Waals surface area contributed by atoms with E-state index in [9.17, 15) is 4.79 Å². The molecule has 1 aromatic rings. The average Bonchev–Trinajstić information content (AvgIpc) is 3.05. The maximum absolute atomic E-state index is 11.8. The Kier molecular flexibility index (Phi) is 9.18. The van der Waals surface area contributed by atoms with Gasteiger partial charge in [-0.2, -0.15) is 0 Å². The molecule has 0 bridgehead atoms. The number of para-hydroxylation sites is 1. The van der Waals surface area contributed by atoms with Crippen LogP contribution in [0.25, 0.3) is 0 Å². The lowest BCUT2D eigenvalue weighted by Gasteiger charge is -2.21. The van der Waals surface area contributed by atoms with Gasteiger partial charge in [-0.25, -0.2) is 0 Å². The molecule has 1 aliphatic heterocycles. The van der Waals surface area contributed by atoms with Gasteiger partial charge >= 0.3 is 0 Å². The summed E-state index contributed by atoms with van der Waals surface area (Å²) in [6.07, 6.45) is 1.08. The van der Waals surface area contributed by atoms with Crippen LogP contribution in [0.2, 0.25) is 0 Å². The second-order valence-corrected chi connectivity index (χ2v) is 7.42. The SMILES string of the molecule is CN=C(NCCNC(=O)C(C)(C)C)NC1CCN(c2ccccc2)C1.I. The standard InChI is InChI=1S/C19H31N5O.HI/c1-19(2,3)17(25)21-11-12-22-18(20-4)23-15-10-13-24(14-15)16-8-6-5-7-9-16;/h5-9,15H,10-14H2,1-4H3,(H,21,25)(H2,20,22,23);1H. The Labute approximate surface area is 174 Å². The molecule has 1 atom stereocenters. The van der Waals surface area contributed by atoms with Crippen LogP contribution in [-0.2, 0) is 4.79 Å². The van der Waals surface area contributed by atoms with Crippen molar-refractivity contribution in [2.24, 2.45) is 10.4 Å². The summed E-state index contributed by atoms with van der Waals surface area (Å²) in [7, 11) is 1.77. The van der Waals surface area contributed by atoms with E-state index in [1.807, 2.05) is 26.8 Å². The van der Waals surface area contributed by atoms with E-state index in [1.165, 1.54) is 5.69 Å². The van der Waals surface area contributed by atoms with Crippen molar-refractivity contribution in [3.05, 3.63) is 30.3 Å². The normalized spacial score (nSPS) is 17.5. The third-order valence-corrected chi connectivity index (χ3v) is 4.26. The number of carbonyl (C=O) groups excluding carboxylic acids is 1. The Morgan fingerprint density at radius 2 is 1.85 bits per heavy atom. The Balaban J connectivity index is 0.00000338. The van der Waals surface area contributed by atoms with Crippen molar-refractivity contribution in [1.82, 2.24) is 16.0 Å². The predicted octanol–water partition coefficient (Wildman–Crippen LogP) is 2.21. The molecule has 2 rings (SSSR count). The van der Waals surface area contributed by atoms with Crippen LogP contribution >= 0.6 is 24.0 Å². The van der Waals surface area contributed by atoms with E-state index in [0.717, 1.165) is 25.5 Å². The first kappa shape index (κ1) is 22.5. The van der Waals surface area contributed by atoms with E-state index in [-0.39, 0.29) is 35.3 Å². The highest BCUT2D eigenvalue weighted by Crippen LogP contribution is 2.19. The van der Waals surface area contributed by atoms with Gasteiger partial charge in [-0.3, -0.25) is 9.79 Å². The highest BCUT2D eigenvalue weighted by molar-refractivity contribution is 14.0. The van der Waals surface area contributed by atoms with Crippen molar-refractivity contribution in [1.29, 1.82) is 0 Å². The highest BCUT2D eigenvalue weighted by atomic mass is 127. The second kappa shape index (κ2) is 10.6. The molecule has 6 nitrogen and oxygen atoms in total. The number of hydrogen-bond acceptors (Lipinski definition) is 3. The Hall–Kier alpha value is -1.51. The van der Waals surface area contributed by atoms with Gasteiger partial charge in [0, 0.05) is 50.4 Å². The third kappa shape index (κ3) is 7.01. The van der Waals surface area contributed by atoms with Crippen LogP contribution in [0.4, 0.5) is 5.69 Å². The molecule has 26 heavy (non-hydrogen) atoms. The van der Waals surface area contributed by atoms with E-state index >= 15 is 0 Å². The minimum Gasteiger partial charge on any atom is -0.369 e. The van der Waals surface area contributed by atoms with Crippen molar-refractivity contribution in [3.8, 4) is 0 Å². The fourth-order valence-electron chi connectivity index (χ4n) is 2.76. The molecule has 0 saturated carbocycles. The zero-order valence-electron chi connectivity index (χ0n) is 16.2. The summed E-state index contributed by atoms with van der Waals surface area (Å²) in [6.45, 7) is 8.97. The molecule has 1 aromatic carbocycles. The number of guanidine groups is 1. The van der Waals surface area contributed by atoms with Crippen molar-refractivity contribution in [2.45, 2.75) is 33.2 Å². The van der Waals surface area contributed by atoms with Gasteiger partial charge in [0.25, 0.3) is 0 Å². The number of rotatable bonds is 5. The van der Waals surface area contributed by atoms with Gasteiger partial charge in [-0.05, 0) is 18.6 Å². The smallest absolute Gasteiger partial charge is 0.225 e. The summed E-state index contributed by atoms with van der Waals surface area (Å²) in [5.41, 5.74) is 0.907. The number of halogens is 1. The van der Waals surface area contributed by atoms with E-state index in [0.29, 0.717) is 19.1 Å². The van der Waals surface area contributed by atoms with Gasteiger partial charge in [-0.15, -0.1) is 24.0 Å². The van der Waals surface area contributed by atoms with Gasteiger partial charge in [0.1, 0.15) is 0 Å². The maximum Gasteiger partial charge on any atom is 0.225 e. The van der Waals surface area contributed by atoms with E-state index in [1.54, 1.807) is 7.05 Å². The number of amides is 1. The van der Waals surface area contributed by atoms with Gasteiger partial charge in [0.05, 0.1) is 0 Å². The lowest BCUT2D eigenvalue weighted by molar-refractivity contribution is -0.128. The number of carbonyl (C=O) groups is 1. The highest BCUT2D eigenvalue weighted by Gasteiger charge is 2.23. The first-order valence-corrected chi connectivity index (χ1v) is 8.95. The Bertz CT molecular complexity index is 585. The average molecular weight is 473 g/mol. The molecule has 0 radical (unpaired) electrons. The molecule has 0 aromatic heterocycles. The molecule has 1 saturated heterocycles. The van der Waals surface area contributed by atoms with Gasteiger partial charge in [0.15, 0.2) is 5.96 Å². The molecular formula is C19H32IN5O. The Morgan fingerprint density at radius 1 is 1.19 bits per heavy atom. The van der Waals surface area contributed by atoms with E-state index in [4.69, 9.17) is 0 Å². The van der Waals surface area contributed by atoms with Gasteiger partial charge in [0.2, 0.25) is 5.91 Å². The zero-order chi connectivity index (χ0) is 18.3. The molecule has 1 unspecified atom stereocenters. The number of aliphatic imine (C=N–C) groups is 1. The zero-order valence-corrected chi connectivity index (χ0v) is 18.5. The molecule has 0 spiro atoms. The summed E-state index contributed by atoms with van der Waals surface area (Å²) in [4.78, 5) is 18.5. The second-order valence-electron chi connectivity index (χ2n) is 7.42. The van der Waals surface area contributed by atoms with Crippen LogP contribution < -0.4 is 20.9 Å². The molecular weight excluding hydrogens is 441 g/mol. The van der Waals surface area contributed by atoms with Crippen LogP contribution in [0, 0.1) is 5.41 Å². The summed E-state index contributed by atoms with van der Waals surface area (Å²) >= 11 is 0. The quantitative estimate of drug-likeness (QED) is 0.266. The molecule has 7 heteroatoms. The monoisotopic (exact) mass is 473 g/mol. The third-order valence-electron chi connectivity index (χ3n) is 4.26. The fraction of sp³-hybridized carbons (Fsp3) is 0.579. The maximum atomic E-state index is 11.8. The van der Waals surface area contributed by atoms with Crippen LogP contribution in [0.1, 0.15) is 27.2 Å². The van der Waals surface area contributed by atoms with Crippen molar-refractivity contribution >= 4 is 41.5 Å². The lowest BCUT2D eigenvalue weighted by atomic mass is 9.96. The molecule has 0 aliphatic carbocycles. The molecule has 3 N–H and O–H groups in total. The van der Waals surface area contributed by atoms with Crippen molar-refractivity contribution < 1.29 is 4.79 Å². The molecule has 1 heterocycles. The molecule has 1 aliphatic rings. The largest absolute Gasteiger partial charge is 0.369 e. The van der Waals surface area contributed by atoms with Gasteiger partial charge < -0.3 is 20.9 Å². The Morgan fingerprint density at radius 3 is 2.46 bits per heavy atom. The van der Waals surface area contributed by atoms with Crippen LogP contribution in [0.5, 0.6) is 0 Å². The number of nitrogens with zero attached hydrogens (tertiary/aromatic N) is 2. The van der Waals surface area contributed by atoms with Gasteiger partial charge in [-0.1, -0.05) is 39.0 Å². The first-order chi connectivity index (χ1) is 11.9. The number of nitrogens with one attached hydrogen (secondary N) is 3. The molecule has 1 fully saturated rings. The van der Waals surface area contributed by atoms with E-state index < -0.39 is 0 Å². The minimum atomic E-state index is -0.356. The molecule has 146 valence electrons. The van der Waals surface area contributed by atoms with Crippen LogP contribution in [0.15, 0.2) is 35.3 Å².